The summed E-state index contributed by atoms with van der Waals surface area (Å²) in [5, 5.41) is 6.18. The lowest BCUT2D eigenvalue weighted by Crippen LogP contribution is -2.09. The molecular weight excluding hydrogens is 262 g/mol. The summed E-state index contributed by atoms with van der Waals surface area (Å²) < 4.78 is 5.50. The fraction of sp³-hybridized carbons (Fsp3) is 0.250. The van der Waals surface area contributed by atoms with Crippen molar-refractivity contribution in [2.75, 3.05) is 11.1 Å². The third kappa shape index (κ3) is 2.24. The Morgan fingerprint density at radius 1 is 1.42 bits per heavy atom. The molecule has 19 heavy (non-hydrogen) atoms. The minimum absolute atomic E-state index is 0.0916. The van der Waals surface area contributed by atoms with Gasteiger partial charge in [-0.2, -0.15) is 4.98 Å². The molecule has 0 fully saturated rings. The maximum Gasteiger partial charge on any atom is 0.223 e. The first-order valence-corrected chi connectivity index (χ1v) is 6.71. The van der Waals surface area contributed by atoms with E-state index >= 15 is 0 Å². The summed E-state index contributed by atoms with van der Waals surface area (Å²) in [5.74, 6) is 2.37. The minimum Gasteiger partial charge on any atom is -0.444 e. The Kier molecular flexibility index (Phi) is 2.83. The molecule has 1 atom stereocenters. The van der Waals surface area contributed by atoms with Gasteiger partial charge < -0.3 is 15.5 Å². The molecule has 7 heteroatoms. The molecule has 3 rings (SSSR count). The largest absolute Gasteiger partial charge is 0.444 e. The number of fused-ring (bicyclic) bond motifs is 1. The van der Waals surface area contributed by atoms with E-state index in [1.54, 1.807) is 6.20 Å². The summed E-state index contributed by atoms with van der Waals surface area (Å²) in [6, 6.07) is 1.88. The summed E-state index contributed by atoms with van der Waals surface area (Å²) in [5.41, 5.74) is 5.71. The lowest BCUT2D eigenvalue weighted by atomic mass is 10.3. The molecule has 0 spiro atoms. The summed E-state index contributed by atoms with van der Waals surface area (Å²) in [6.45, 7) is 3.82. The van der Waals surface area contributed by atoms with Crippen molar-refractivity contribution in [1.29, 1.82) is 0 Å². The van der Waals surface area contributed by atoms with E-state index in [4.69, 9.17) is 10.2 Å². The second-order valence-corrected chi connectivity index (χ2v) is 5.14. The Morgan fingerprint density at radius 3 is 3.00 bits per heavy atom. The first kappa shape index (κ1) is 11.9. The molecule has 6 nitrogen and oxygen atoms in total. The smallest absolute Gasteiger partial charge is 0.223 e. The number of hydrogen-bond donors (Lipinski definition) is 2. The molecule has 0 saturated carbocycles. The van der Waals surface area contributed by atoms with Gasteiger partial charge in [-0.1, -0.05) is 0 Å². The highest BCUT2D eigenvalue weighted by Gasteiger charge is 2.14. The van der Waals surface area contributed by atoms with Crippen LogP contribution >= 0.6 is 11.3 Å². The van der Waals surface area contributed by atoms with Crippen LogP contribution in [0.3, 0.4) is 0 Å². The number of nitrogens with one attached hydrogen (secondary N) is 1. The van der Waals surface area contributed by atoms with Gasteiger partial charge in [0.2, 0.25) is 11.8 Å². The van der Waals surface area contributed by atoms with E-state index in [9.17, 15) is 0 Å². The van der Waals surface area contributed by atoms with E-state index in [1.165, 1.54) is 11.3 Å². The fourth-order valence-corrected chi connectivity index (χ4v) is 2.59. The lowest BCUT2D eigenvalue weighted by Gasteiger charge is -2.12. The second kappa shape index (κ2) is 4.51. The van der Waals surface area contributed by atoms with Crippen LogP contribution in [0.2, 0.25) is 0 Å². The Bertz CT molecular complexity index is 720. The quantitative estimate of drug-likeness (QED) is 0.764. The van der Waals surface area contributed by atoms with Crippen molar-refractivity contribution in [3.63, 3.8) is 0 Å². The number of thiophene rings is 1. The van der Waals surface area contributed by atoms with Crippen LogP contribution in [0.25, 0.3) is 10.2 Å². The molecule has 0 amide bonds. The van der Waals surface area contributed by atoms with Crippen molar-refractivity contribution in [2.24, 2.45) is 0 Å². The highest BCUT2D eigenvalue weighted by atomic mass is 32.1. The van der Waals surface area contributed by atoms with Gasteiger partial charge in [0.05, 0.1) is 11.6 Å². The van der Waals surface area contributed by atoms with Crippen molar-refractivity contribution in [1.82, 2.24) is 15.0 Å². The number of rotatable bonds is 3. The zero-order chi connectivity index (χ0) is 13.4. The molecule has 0 aliphatic rings. The lowest BCUT2D eigenvalue weighted by molar-refractivity contribution is 0.453. The van der Waals surface area contributed by atoms with Gasteiger partial charge in [0.15, 0.2) is 0 Å². The Labute approximate surface area is 113 Å². The number of oxazole rings is 1. The zero-order valence-electron chi connectivity index (χ0n) is 10.5. The van der Waals surface area contributed by atoms with Crippen molar-refractivity contribution < 1.29 is 4.42 Å². The maximum atomic E-state index is 5.71. The molecule has 3 aromatic heterocycles. The number of nitrogens with two attached hydrogens (primary N) is 1. The first-order valence-electron chi connectivity index (χ1n) is 5.83. The SMILES string of the molecule is Cc1cnc(C(C)Nc2nc(N)nc3sccc23)o1. The van der Waals surface area contributed by atoms with Gasteiger partial charge in [0.1, 0.15) is 22.5 Å². The average Bonchev–Trinajstić information content (AvgIpc) is 2.97. The third-order valence-corrected chi connectivity index (χ3v) is 3.51. The molecular formula is C12H13N5OS. The molecule has 3 aromatic rings. The normalized spacial score (nSPS) is 12.7. The first-order chi connectivity index (χ1) is 9.13. The van der Waals surface area contributed by atoms with Crippen molar-refractivity contribution >= 4 is 33.3 Å². The number of hydrogen-bond acceptors (Lipinski definition) is 7. The van der Waals surface area contributed by atoms with E-state index in [0.717, 1.165) is 16.0 Å². The number of aryl methyl sites for hydroxylation is 1. The third-order valence-electron chi connectivity index (χ3n) is 2.71. The molecule has 0 aliphatic heterocycles. The predicted octanol–water partition coefficient (Wildman–Crippen LogP) is 2.74. The van der Waals surface area contributed by atoms with Gasteiger partial charge >= 0.3 is 0 Å². The van der Waals surface area contributed by atoms with Gasteiger partial charge in [-0.3, -0.25) is 0 Å². The second-order valence-electron chi connectivity index (χ2n) is 4.25. The van der Waals surface area contributed by atoms with Gasteiger partial charge in [-0.05, 0) is 25.3 Å². The highest BCUT2D eigenvalue weighted by molar-refractivity contribution is 7.16. The van der Waals surface area contributed by atoms with E-state index in [1.807, 2.05) is 25.3 Å². The van der Waals surface area contributed by atoms with E-state index in [-0.39, 0.29) is 12.0 Å². The summed E-state index contributed by atoms with van der Waals surface area (Å²) in [6.07, 6.45) is 1.70. The van der Waals surface area contributed by atoms with Crippen LogP contribution in [0.5, 0.6) is 0 Å². The van der Waals surface area contributed by atoms with E-state index in [0.29, 0.717) is 11.7 Å². The van der Waals surface area contributed by atoms with Crippen LogP contribution in [0, 0.1) is 6.92 Å². The van der Waals surface area contributed by atoms with Crippen molar-refractivity contribution in [2.45, 2.75) is 19.9 Å². The van der Waals surface area contributed by atoms with Crippen molar-refractivity contribution in [3.05, 3.63) is 29.3 Å². The topological polar surface area (TPSA) is 89.9 Å². The van der Waals surface area contributed by atoms with Crippen LogP contribution in [-0.4, -0.2) is 15.0 Å². The standard InChI is InChI=1S/C12H13N5OS/c1-6-5-14-10(18-6)7(2)15-9-8-3-4-19-11(8)17-12(13)16-9/h3-5,7H,1-2H3,(H3,13,15,16,17). The number of nitrogen functional groups attached to an aromatic ring is 1. The molecule has 0 radical (unpaired) electrons. The number of nitrogens with zero attached hydrogens (tertiary/aromatic N) is 3. The maximum absolute atomic E-state index is 5.71. The average molecular weight is 275 g/mol. The molecule has 3 heterocycles. The number of aromatic nitrogens is 3. The van der Waals surface area contributed by atoms with Gasteiger partial charge in [-0.25, -0.2) is 9.97 Å². The predicted molar refractivity (Wildman–Crippen MR) is 75.1 cm³/mol. The van der Waals surface area contributed by atoms with E-state index in [2.05, 4.69) is 20.3 Å². The Balaban J connectivity index is 1.94. The van der Waals surface area contributed by atoms with Crippen LogP contribution in [0.1, 0.15) is 24.6 Å². The summed E-state index contributed by atoms with van der Waals surface area (Å²) in [4.78, 5) is 13.5. The van der Waals surface area contributed by atoms with E-state index < -0.39 is 0 Å². The monoisotopic (exact) mass is 275 g/mol. The Morgan fingerprint density at radius 2 is 2.26 bits per heavy atom. The molecule has 0 saturated heterocycles. The summed E-state index contributed by atoms with van der Waals surface area (Å²) in [7, 11) is 0. The van der Waals surface area contributed by atoms with Gasteiger partial charge in [0, 0.05) is 0 Å². The van der Waals surface area contributed by atoms with Crippen LogP contribution < -0.4 is 11.1 Å². The molecule has 98 valence electrons. The molecule has 0 aromatic carbocycles. The fourth-order valence-electron chi connectivity index (χ4n) is 1.82. The number of anilines is 2. The van der Waals surface area contributed by atoms with Crippen molar-refractivity contribution in [3.8, 4) is 0 Å². The molecule has 3 N–H and O–H groups in total. The van der Waals surface area contributed by atoms with Gasteiger partial charge in [-0.15, -0.1) is 11.3 Å². The molecule has 0 bridgehead atoms. The minimum atomic E-state index is -0.0916. The van der Waals surface area contributed by atoms with Crippen LogP contribution in [0.15, 0.2) is 22.1 Å². The van der Waals surface area contributed by atoms with Gasteiger partial charge in [0.25, 0.3) is 0 Å². The zero-order valence-corrected chi connectivity index (χ0v) is 11.4. The summed E-state index contributed by atoms with van der Waals surface area (Å²) >= 11 is 1.53. The van der Waals surface area contributed by atoms with Crippen LogP contribution in [-0.2, 0) is 0 Å². The Hall–Kier alpha value is -2.15. The molecule has 0 aliphatic carbocycles. The van der Waals surface area contributed by atoms with Crippen LogP contribution in [0.4, 0.5) is 11.8 Å². The highest BCUT2D eigenvalue weighted by Crippen LogP contribution is 2.28. The molecule has 1 unspecified atom stereocenters.